The van der Waals surface area contributed by atoms with Crippen LogP contribution in [-0.2, 0) is 4.79 Å². The number of carbonyl (C=O) groups excluding carboxylic acids is 1. The van der Waals surface area contributed by atoms with E-state index in [2.05, 4.69) is 13.0 Å². The first kappa shape index (κ1) is 11.3. The van der Waals surface area contributed by atoms with Gasteiger partial charge >= 0.3 is 0 Å². The van der Waals surface area contributed by atoms with Gasteiger partial charge in [-0.25, -0.2) is 0 Å². The molecule has 0 heterocycles. The van der Waals surface area contributed by atoms with Crippen molar-refractivity contribution in [2.75, 3.05) is 6.61 Å². The van der Waals surface area contributed by atoms with E-state index in [-0.39, 0.29) is 12.0 Å². The Kier molecular flexibility index (Phi) is 2.85. The normalized spacial score (nSPS) is 31.7. The van der Waals surface area contributed by atoms with Crippen molar-refractivity contribution in [1.82, 2.24) is 0 Å². The van der Waals surface area contributed by atoms with Crippen LogP contribution in [0.3, 0.4) is 0 Å². The van der Waals surface area contributed by atoms with Crippen molar-refractivity contribution < 1.29 is 9.90 Å². The maximum Gasteiger partial charge on any atom is 0.145 e. The first-order chi connectivity index (χ1) is 7.63. The molecule has 0 aromatic heterocycles. The second kappa shape index (κ2) is 4.02. The van der Waals surface area contributed by atoms with E-state index in [0.29, 0.717) is 0 Å². The van der Waals surface area contributed by atoms with Crippen LogP contribution in [-0.4, -0.2) is 18.0 Å². The lowest BCUT2D eigenvalue weighted by molar-refractivity contribution is -0.105. The number of fused-ring (bicyclic) bond motifs is 1. The second-order valence-electron chi connectivity index (χ2n) is 4.88. The van der Waals surface area contributed by atoms with Crippen LogP contribution in [0, 0.1) is 5.41 Å². The minimum absolute atomic E-state index is 0.0161. The third-order valence-corrected chi connectivity index (χ3v) is 4.01. The lowest BCUT2D eigenvalue weighted by Gasteiger charge is -2.32. The van der Waals surface area contributed by atoms with Crippen molar-refractivity contribution in [1.29, 1.82) is 0 Å². The average Bonchev–Trinajstić information content (AvgIpc) is 2.64. The summed E-state index contributed by atoms with van der Waals surface area (Å²) < 4.78 is 0. The number of rotatable bonds is 2. The Hall–Kier alpha value is -1.15. The predicted octanol–water partition coefficient (Wildman–Crippen LogP) is 2.55. The fourth-order valence-electron chi connectivity index (χ4n) is 3.13. The number of hydrogen-bond acceptors (Lipinski definition) is 2. The zero-order valence-electron chi connectivity index (χ0n) is 9.92. The van der Waals surface area contributed by atoms with Crippen LogP contribution >= 0.6 is 0 Å². The van der Waals surface area contributed by atoms with Crippen LogP contribution in [0.25, 0.3) is 0 Å². The van der Waals surface area contributed by atoms with E-state index >= 15 is 0 Å². The highest BCUT2D eigenvalue weighted by Crippen LogP contribution is 2.53. The molecule has 2 heteroatoms. The van der Waals surface area contributed by atoms with E-state index < -0.39 is 0 Å². The second-order valence-corrected chi connectivity index (χ2v) is 4.88. The average molecular weight is 218 g/mol. The Morgan fingerprint density at radius 2 is 2.31 bits per heavy atom. The van der Waals surface area contributed by atoms with Crippen LogP contribution in [0.5, 0.6) is 0 Å². The largest absolute Gasteiger partial charge is 0.392 e. The minimum atomic E-state index is -0.0161. The van der Waals surface area contributed by atoms with Gasteiger partial charge in [-0.2, -0.15) is 0 Å². The first-order valence-electron chi connectivity index (χ1n) is 5.79. The van der Waals surface area contributed by atoms with Crippen molar-refractivity contribution in [2.45, 2.75) is 33.1 Å². The zero-order valence-corrected chi connectivity index (χ0v) is 9.92. The topological polar surface area (TPSA) is 37.3 Å². The molecule has 2 rings (SSSR count). The van der Waals surface area contributed by atoms with Crippen molar-refractivity contribution in [3.63, 3.8) is 0 Å². The molecule has 1 N–H and O–H groups in total. The number of aliphatic hydroxyl groups excluding tert-OH is 1. The maximum atomic E-state index is 10.9. The van der Waals surface area contributed by atoms with Gasteiger partial charge < -0.3 is 5.11 Å². The van der Waals surface area contributed by atoms with Gasteiger partial charge in [-0.3, -0.25) is 4.79 Å². The van der Waals surface area contributed by atoms with Crippen LogP contribution < -0.4 is 0 Å². The molecule has 86 valence electrons. The van der Waals surface area contributed by atoms with E-state index in [4.69, 9.17) is 0 Å². The van der Waals surface area contributed by atoms with E-state index in [9.17, 15) is 9.90 Å². The Morgan fingerprint density at radius 1 is 1.56 bits per heavy atom. The van der Waals surface area contributed by atoms with E-state index in [1.165, 1.54) is 11.1 Å². The fourth-order valence-corrected chi connectivity index (χ4v) is 3.13. The Labute approximate surface area is 96.4 Å². The van der Waals surface area contributed by atoms with Gasteiger partial charge in [-0.05, 0) is 37.3 Å². The summed E-state index contributed by atoms with van der Waals surface area (Å²) in [5, 5.41) is 9.34. The fraction of sp³-hybridized carbons (Fsp3) is 0.500. The van der Waals surface area contributed by atoms with Crippen LogP contribution in [0.4, 0.5) is 0 Å². The number of aliphatic hydroxyl groups is 1. The maximum absolute atomic E-state index is 10.9. The van der Waals surface area contributed by atoms with Crippen LogP contribution in [0.2, 0.25) is 0 Å². The van der Waals surface area contributed by atoms with E-state index in [0.717, 1.165) is 36.7 Å². The lowest BCUT2D eigenvalue weighted by Crippen LogP contribution is -2.21. The van der Waals surface area contributed by atoms with E-state index in [1.54, 1.807) is 0 Å². The van der Waals surface area contributed by atoms with E-state index in [1.807, 2.05) is 13.0 Å². The monoisotopic (exact) mass is 218 g/mol. The molecule has 1 fully saturated rings. The zero-order chi connectivity index (χ0) is 11.8. The highest BCUT2D eigenvalue weighted by Gasteiger charge is 2.40. The summed E-state index contributed by atoms with van der Waals surface area (Å²) in [6, 6.07) is 0. The SMILES string of the molecule is C/C(C=O)=C1\CCC2=C(CO)C=CCC21C. The summed E-state index contributed by atoms with van der Waals surface area (Å²) in [7, 11) is 0. The molecule has 1 atom stereocenters. The molecular formula is C14H18O2. The summed E-state index contributed by atoms with van der Waals surface area (Å²) in [6.45, 7) is 4.19. The highest BCUT2D eigenvalue weighted by molar-refractivity contribution is 5.75. The van der Waals surface area contributed by atoms with Gasteiger partial charge in [-0.15, -0.1) is 0 Å². The molecule has 0 aliphatic heterocycles. The molecule has 1 saturated carbocycles. The van der Waals surface area contributed by atoms with Crippen molar-refractivity contribution in [3.05, 3.63) is 34.4 Å². The van der Waals surface area contributed by atoms with Gasteiger partial charge in [0.15, 0.2) is 0 Å². The van der Waals surface area contributed by atoms with Crippen LogP contribution in [0.1, 0.15) is 33.1 Å². The van der Waals surface area contributed by atoms with Crippen molar-refractivity contribution in [3.8, 4) is 0 Å². The molecule has 1 unspecified atom stereocenters. The van der Waals surface area contributed by atoms with Crippen LogP contribution in [0.15, 0.2) is 34.4 Å². The standard InChI is InChI=1S/C14H18O2/c1-10(8-15)12-5-6-13-11(9-16)4-3-7-14(12,13)2/h3-4,8,16H,5-7,9H2,1-2H3/b12-10-. The summed E-state index contributed by atoms with van der Waals surface area (Å²) >= 11 is 0. The summed E-state index contributed by atoms with van der Waals surface area (Å²) in [6.07, 6.45) is 7.99. The molecule has 2 aliphatic rings. The van der Waals surface area contributed by atoms with Gasteiger partial charge in [-0.1, -0.05) is 30.2 Å². The molecule has 0 spiro atoms. The third kappa shape index (κ3) is 1.49. The first-order valence-corrected chi connectivity index (χ1v) is 5.79. The van der Waals surface area contributed by atoms with Gasteiger partial charge in [0, 0.05) is 5.41 Å². The van der Waals surface area contributed by atoms with Crippen molar-refractivity contribution in [2.24, 2.45) is 5.41 Å². The number of allylic oxidation sites excluding steroid dienone is 4. The quantitative estimate of drug-likeness (QED) is 0.571. The molecule has 2 nitrogen and oxygen atoms in total. The highest BCUT2D eigenvalue weighted by atomic mass is 16.3. The molecule has 16 heavy (non-hydrogen) atoms. The summed E-state index contributed by atoms with van der Waals surface area (Å²) in [5.74, 6) is 0. The molecule has 0 bridgehead atoms. The van der Waals surface area contributed by atoms with Crippen molar-refractivity contribution >= 4 is 6.29 Å². The van der Waals surface area contributed by atoms with Gasteiger partial charge in [0.1, 0.15) is 6.29 Å². The molecule has 0 aromatic carbocycles. The van der Waals surface area contributed by atoms with Gasteiger partial charge in [0.05, 0.1) is 6.61 Å². The number of hydrogen-bond donors (Lipinski definition) is 1. The molecule has 0 amide bonds. The Bertz CT molecular complexity index is 412. The predicted molar refractivity (Wildman–Crippen MR) is 64.0 cm³/mol. The smallest absolute Gasteiger partial charge is 0.145 e. The number of aldehydes is 1. The lowest BCUT2D eigenvalue weighted by atomic mass is 9.72. The Balaban J connectivity index is 2.53. The summed E-state index contributed by atoms with van der Waals surface area (Å²) in [5.41, 5.74) is 4.48. The molecule has 0 radical (unpaired) electrons. The van der Waals surface area contributed by atoms with Gasteiger partial charge in [0.2, 0.25) is 0 Å². The molecular weight excluding hydrogens is 200 g/mol. The van der Waals surface area contributed by atoms with Gasteiger partial charge in [0.25, 0.3) is 0 Å². The Morgan fingerprint density at radius 3 is 2.94 bits per heavy atom. The third-order valence-electron chi connectivity index (χ3n) is 4.01. The minimum Gasteiger partial charge on any atom is -0.392 e. The molecule has 2 aliphatic carbocycles. The molecule has 0 saturated heterocycles. The number of carbonyl (C=O) groups is 1. The summed E-state index contributed by atoms with van der Waals surface area (Å²) in [4.78, 5) is 10.9. The molecule has 0 aromatic rings.